The van der Waals surface area contributed by atoms with Crippen LogP contribution in [0.4, 0.5) is 8.78 Å². The van der Waals surface area contributed by atoms with Gasteiger partial charge in [0.25, 0.3) is 0 Å². The minimum atomic E-state index is -0.765. The van der Waals surface area contributed by atoms with Gasteiger partial charge in [-0.25, -0.2) is 8.78 Å². The van der Waals surface area contributed by atoms with Crippen molar-refractivity contribution in [3.63, 3.8) is 0 Å². The van der Waals surface area contributed by atoms with Crippen molar-refractivity contribution in [2.75, 3.05) is 39.3 Å². The lowest BCUT2D eigenvalue weighted by atomic mass is 9.79. The number of aliphatic hydroxyl groups excluding tert-OH is 1. The number of hydrogen-bond donors (Lipinski definition) is 1. The highest BCUT2D eigenvalue weighted by Gasteiger charge is 2.41. The Morgan fingerprint density at radius 3 is 2.73 bits per heavy atom. The Morgan fingerprint density at radius 1 is 1.09 bits per heavy atom. The third kappa shape index (κ3) is 3.31. The summed E-state index contributed by atoms with van der Waals surface area (Å²) in [5.74, 6) is -1.48. The van der Waals surface area contributed by atoms with Gasteiger partial charge >= 0.3 is 0 Å². The molecular weight excluding hydrogens is 286 g/mol. The molecule has 1 aromatic carbocycles. The minimum absolute atomic E-state index is 0.203. The number of hydrogen-bond acceptors (Lipinski definition) is 3. The van der Waals surface area contributed by atoms with E-state index in [0.717, 1.165) is 45.6 Å². The Kier molecular flexibility index (Phi) is 4.76. The van der Waals surface area contributed by atoms with Crippen molar-refractivity contribution in [1.29, 1.82) is 0 Å². The fourth-order valence-electron chi connectivity index (χ4n) is 4.05. The van der Waals surface area contributed by atoms with Crippen molar-refractivity contribution in [1.82, 2.24) is 9.80 Å². The van der Waals surface area contributed by atoms with Crippen LogP contribution in [-0.4, -0.2) is 54.2 Å². The molecule has 0 saturated carbocycles. The fourth-order valence-corrected chi connectivity index (χ4v) is 4.05. The molecule has 3 nitrogen and oxygen atoms in total. The quantitative estimate of drug-likeness (QED) is 0.924. The summed E-state index contributed by atoms with van der Waals surface area (Å²) in [5.41, 5.74) is 0.708. The van der Waals surface area contributed by atoms with Gasteiger partial charge in [-0.2, -0.15) is 0 Å². The molecule has 0 aromatic heterocycles. The van der Waals surface area contributed by atoms with E-state index in [1.807, 2.05) is 0 Å². The van der Waals surface area contributed by atoms with E-state index in [4.69, 9.17) is 5.11 Å². The Balaban J connectivity index is 1.65. The molecule has 0 aliphatic carbocycles. The average Bonchev–Trinajstić information content (AvgIpc) is 2.87. The van der Waals surface area contributed by atoms with Gasteiger partial charge in [-0.05, 0) is 43.8 Å². The van der Waals surface area contributed by atoms with Crippen LogP contribution < -0.4 is 0 Å². The number of rotatable bonds is 4. The highest BCUT2D eigenvalue weighted by Crippen LogP contribution is 2.39. The summed E-state index contributed by atoms with van der Waals surface area (Å²) in [6, 6.07) is 4.42. The van der Waals surface area contributed by atoms with Crippen LogP contribution in [0.5, 0.6) is 0 Å². The number of β-amino-alcohol motifs (C(OH)–C–C–N with tert-alkyl or cyclic N) is 1. The van der Waals surface area contributed by atoms with Gasteiger partial charge in [0.15, 0.2) is 11.6 Å². The zero-order valence-electron chi connectivity index (χ0n) is 12.9. The van der Waals surface area contributed by atoms with E-state index in [9.17, 15) is 8.78 Å². The third-order valence-corrected chi connectivity index (χ3v) is 5.10. The molecule has 3 rings (SSSR count). The first kappa shape index (κ1) is 15.8. The largest absolute Gasteiger partial charge is 0.395 e. The molecular formula is C17H24F2N2O. The van der Waals surface area contributed by atoms with Crippen molar-refractivity contribution < 1.29 is 13.9 Å². The van der Waals surface area contributed by atoms with Crippen LogP contribution in [0.3, 0.4) is 0 Å². The van der Waals surface area contributed by atoms with Gasteiger partial charge in [0.05, 0.1) is 6.61 Å². The molecule has 0 unspecified atom stereocenters. The summed E-state index contributed by atoms with van der Waals surface area (Å²) in [6.45, 7) is 5.33. The maximum Gasteiger partial charge on any atom is 0.163 e. The molecule has 1 N–H and O–H groups in total. The SMILES string of the molecule is OCCN1CC[C@@]2(CCCN(Cc3cccc(F)c3F)C2)C1. The van der Waals surface area contributed by atoms with Gasteiger partial charge in [0, 0.05) is 31.7 Å². The average molecular weight is 310 g/mol. The summed E-state index contributed by atoms with van der Waals surface area (Å²) >= 11 is 0. The molecule has 122 valence electrons. The first-order valence-corrected chi connectivity index (χ1v) is 8.10. The molecule has 0 amide bonds. The molecule has 1 spiro atoms. The Labute approximate surface area is 130 Å². The van der Waals surface area contributed by atoms with E-state index >= 15 is 0 Å². The van der Waals surface area contributed by atoms with E-state index in [2.05, 4.69) is 9.80 Å². The molecule has 2 aliphatic heterocycles. The van der Waals surface area contributed by atoms with Gasteiger partial charge in [-0.1, -0.05) is 12.1 Å². The predicted molar refractivity (Wildman–Crippen MR) is 81.4 cm³/mol. The van der Waals surface area contributed by atoms with Crippen LogP contribution in [-0.2, 0) is 6.54 Å². The van der Waals surface area contributed by atoms with Crippen molar-refractivity contribution >= 4 is 0 Å². The summed E-state index contributed by atoms with van der Waals surface area (Å²) in [6.07, 6.45) is 3.43. The normalized spacial score (nSPS) is 26.9. The van der Waals surface area contributed by atoms with Gasteiger partial charge < -0.3 is 10.0 Å². The maximum absolute atomic E-state index is 13.9. The topological polar surface area (TPSA) is 26.7 Å². The minimum Gasteiger partial charge on any atom is -0.395 e. The highest BCUT2D eigenvalue weighted by atomic mass is 19.2. The number of aliphatic hydroxyl groups is 1. The monoisotopic (exact) mass is 310 g/mol. The number of likely N-dealkylation sites (tertiary alicyclic amines) is 2. The Morgan fingerprint density at radius 2 is 1.91 bits per heavy atom. The van der Waals surface area contributed by atoms with E-state index < -0.39 is 11.6 Å². The number of piperidine rings is 1. The first-order chi connectivity index (χ1) is 10.6. The molecule has 0 bridgehead atoms. The smallest absolute Gasteiger partial charge is 0.163 e. The lowest BCUT2D eigenvalue weighted by Gasteiger charge is -2.40. The van der Waals surface area contributed by atoms with Crippen LogP contribution >= 0.6 is 0 Å². The van der Waals surface area contributed by atoms with Gasteiger partial charge in [0.1, 0.15) is 0 Å². The lowest BCUT2D eigenvalue weighted by molar-refractivity contribution is 0.0840. The molecule has 2 heterocycles. The first-order valence-electron chi connectivity index (χ1n) is 8.10. The zero-order chi connectivity index (χ0) is 15.6. The predicted octanol–water partition coefficient (Wildman–Crippen LogP) is 2.25. The van der Waals surface area contributed by atoms with Gasteiger partial charge in [-0.3, -0.25) is 4.90 Å². The number of nitrogens with zero attached hydrogens (tertiary/aromatic N) is 2. The Hall–Kier alpha value is -1.04. The lowest BCUT2D eigenvalue weighted by Crippen LogP contribution is -2.44. The third-order valence-electron chi connectivity index (χ3n) is 5.10. The molecule has 2 fully saturated rings. The van der Waals surface area contributed by atoms with Crippen LogP contribution in [0.2, 0.25) is 0 Å². The highest BCUT2D eigenvalue weighted by molar-refractivity contribution is 5.19. The zero-order valence-corrected chi connectivity index (χ0v) is 12.9. The second-order valence-electron chi connectivity index (χ2n) is 6.78. The summed E-state index contributed by atoms with van der Waals surface area (Å²) in [7, 11) is 0. The van der Waals surface area contributed by atoms with Crippen LogP contribution in [0.1, 0.15) is 24.8 Å². The summed E-state index contributed by atoms with van der Waals surface area (Å²) in [4.78, 5) is 4.57. The van der Waals surface area contributed by atoms with Crippen LogP contribution in [0.25, 0.3) is 0 Å². The summed E-state index contributed by atoms with van der Waals surface area (Å²) in [5, 5.41) is 9.09. The van der Waals surface area contributed by atoms with Crippen LogP contribution in [0.15, 0.2) is 18.2 Å². The van der Waals surface area contributed by atoms with Crippen molar-refractivity contribution in [3.05, 3.63) is 35.4 Å². The van der Waals surface area contributed by atoms with Gasteiger partial charge in [-0.15, -0.1) is 0 Å². The molecule has 5 heteroatoms. The second kappa shape index (κ2) is 6.60. The van der Waals surface area contributed by atoms with E-state index in [-0.39, 0.29) is 12.0 Å². The fraction of sp³-hybridized carbons (Fsp3) is 0.647. The van der Waals surface area contributed by atoms with Crippen molar-refractivity contribution in [3.8, 4) is 0 Å². The van der Waals surface area contributed by atoms with E-state index in [1.54, 1.807) is 12.1 Å². The standard InChI is InChI=1S/C17H24F2N2O/c18-15-4-1-3-14(16(15)19)11-21-7-2-5-17(13-21)6-8-20(12-17)9-10-22/h1,3-4,22H,2,5-13H2/t17-/m0/s1. The van der Waals surface area contributed by atoms with Crippen molar-refractivity contribution in [2.24, 2.45) is 5.41 Å². The molecule has 2 saturated heterocycles. The molecule has 2 aliphatic rings. The van der Waals surface area contributed by atoms with Crippen LogP contribution in [0, 0.1) is 17.0 Å². The Bertz CT molecular complexity index is 525. The second-order valence-corrected chi connectivity index (χ2v) is 6.78. The summed E-state index contributed by atoms with van der Waals surface area (Å²) < 4.78 is 27.2. The molecule has 1 aromatic rings. The maximum atomic E-state index is 13.9. The van der Waals surface area contributed by atoms with E-state index in [0.29, 0.717) is 12.1 Å². The molecule has 1 atom stereocenters. The van der Waals surface area contributed by atoms with E-state index in [1.165, 1.54) is 12.5 Å². The number of benzene rings is 1. The number of halogens is 2. The van der Waals surface area contributed by atoms with Gasteiger partial charge in [0.2, 0.25) is 0 Å². The molecule has 0 radical (unpaired) electrons. The molecule has 22 heavy (non-hydrogen) atoms. The van der Waals surface area contributed by atoms with Crippen molar-refractivity contribution in [2.45, 2.75) is 25.8 Å².